The molecule has 0 bridgehead atoms. The van der Waals surface area contributed by atoms with E-state index in [0.29, 0.717) is 10.8 Å². The summed E-state index contributed by atoms with van der Waals surface area (Å²) in [6.07, 6.45) is 23.4. The van der Waals surface area contributed by atoms with Crippen molar-refractivity contribution in [2.24, 2.45) is 46.3 Å². The fourth-order valence-electron chi connectivity index (χ4n) is 10.0. The Morgan fingerprint density at radius 3 is 2.52 bits per heavy atom. The second-order valence-corrected chi connectivity index (χ2v) is 13.7. The summed E-state index contributed by atoms with van der Waals surface area (Å²) in [4.78, 5) is 0. The van der Waals surface area contributed by atoms with Crippen molar-refractivity contribution in [2.45, 2.75) is 130 Å². The highest BCUT2D eigenvalue weighted by atomic mass is 16.3. The fraction of sp³-hybridized carbons (Fsp3) is 0.933. The molecule has 5 aliphatic carbocycles. The summed E-state index contributed by atoms with van der Waals surface area (Å²) in [5.74, 6) is 5.68. The minimum Gasteiger partial charge on any atom is -0.390 e. The van der Waals surface area contributed by atoms with Crippen LogP contribution in [0.2, 0.25) is 0 Å². The van der Waals surface area contributed by atoms with Gasteiger partial charge in [0.05, 0.1) is 5.60 Å². The van der Waals surface area contributed by atoms with Gasteiger partial charge in [0.25, 0.3) is 0 Å². The van der Waals surface area contributed by atoms with Gasteiger partial charge in [-0.05, 0) is 105 Å². The number of hydrogen-bond donors (Lipinski definition) is 1. The van der Waals surface area contributed by atoms with E-state index in [9.17, 15) is 5.11 Å². The summed E-state index contributed by atoms with van der Waals surface area (Å²) in [6.45, 7) is 9.97. The lowest BCUT2D eigenvalue weighted by Crippen LogP contribution is -2.52. The lowest BCUT2D eigenvalue weighted by Gasteiger charge is -2.59. The molecule has 1 nitrogen and oxygen atoms in total. The molecule has 5 rings (SSSR count). The molecule has 1 heteroatoms. The first-order valence-electron chi connectivity index (χ1n) is 14.1. The summed E-state index contributed by atoms with van der Waals surface area (Å²) in [5, 5.41) is 10.7. The van der Waals surface area contributed by atoms with E-state index in [0.717, 1.165) is 48.3 Å². The minimum atomic E-state index is -0.465. The van der Waals surface area contributed by atoms with Gasteiger partial charge < -0.3 is 5.11 Å². The average Bonchev–Trinajstić information content (AvgIpc) is 3.35. The van der Waals surface area contributed by atoms with Crippen LogP contribution in [0.5, 0.6) is 0 Å². The molecule has 8 atom stereocenters. The summed E-state index contributed by atoms with van der Waals surface area (Å²) >= 11 is 0. The zero-order valence-electron chi connectivity index (χ0n) is 21.1. The molecule has 0 aromatic rings. The monoisotopic (exact) mass is 426 g/mol. The van der Waals surface area contributed by atoms with Crippen molar-refractivity contribution in [3.05, 3.63) is 11.6 Å². The van der Waals surface area contributed by atoms with Gasteiger partial charge >= 0.3 is 0 Å². The molecule has 0 heterocycles. The third-order valence-corrected chi connectivity index (χ3v) is 11.9. The normalized spacial score (nSPS) is 48.6. The van der Waals surface area contributed by atoms with Crippen LogP contribution in [0.3, 0.4) is 0 Å². The van der Waals surface area contributed by atoms with Gasteiger partial charge in [-0.2, -0.15) is 0 Å². The molecule has 0 unspecified atom stereocenters. The molecule has 4 fully saturated rings. The number of allylic oxidation sites excluding steroid dienone is 1. The first kappa shape index (κ1) is 22.5. The van der Waals surface area contributed by atoms with Gasteiger partial charge in [-0.1, -0.05) is 77.4 Å². The van der Waals surface area contributed by atoms with E-state index in [1.54, 1.807) is 5.57 Å². The maximum Gasteiger partial charge on any atom is 0.0657 e. The topological polar surface area (TPSA) is 20.2 Å². The van der Waals surface area contributed by atoms with Gasteiger partial charge in [0, 0.05) is 0 Å². The maximum absolute atomic E-state index is 10.7. The van der Waals surface area contributed by atoms with Crippen molar-refractivity contribution in [2.75, 3.05) is 0 Å². The highest BCUT2D eigenvalue weighted by Crippen LogP contribution is 2.67. The second kappa shape index (κ2) is 8.18. The van der Waals surface area contributed by atoms with E-state index < -0.39 is 5.60 Å². The van der Waals surface area contributed by atoms with Crippen LogP contribution in [0, 0.1) is 46.3 Å². The van der Waals surface area contributed by atoms with Gasteiger partial charge in [0.1, 0.15) is 0 Å². The van der Waals surface area contributed by atoms with Crippen LogP contribution >= 0.6 is 0 Å². The van der Waals surface area contributed by atoms with Crippen molar-refractivity contribution in [1.82, 2.24) is 0 Å². The maximum atomic E-state index is 10.7. The third kappa shape index (κ3) is 3.87. The standard InChI is InChI=1S/C30H50O/c1-21(8-7-11-22-9-5-6-10-22)25-14-15-26-24-13-12-23-20-28(2,31)18-19-29(23,3)27(24)16-17-30(25,26)4/h12,21-22,24-27,31H,5-11,13-20H2,1-4H3/t21-,24+,25-,26+,27+,28+,29+,30-/m1/s1. The van der Waals surface area contributed by atoms with E-state index in [2.05, 4.69) is 33.8 Å². The predicted octanol–water partition coefficient (Wildman–Crippen LogP) is 8.31. The van der Waals surface area contributed by atoms with E-state index >= 15 is 0 Å². The Hall–Kier alpha value is -0.300. The zero-order valence-corrected chi connectivity index (χ0v) is 21.1. The van der Waals surface area contributed by atoms with Crippen LogP contribution < -0.4 is 0 Å². The third-order valence-electron chi connectivity index (χ3n) is 11.9. The quantitative estimate of drug-likeness (QED) is 0.438. The van der Waals surface area contributed by atoms with Crippen LogP contribution in [0.25, 0.3) is 0 Å². The minimum absolute atomic E-state index is 0.372. The fourth-order valence-corrected chi connectivity index (χ4v) is 10.0. The average molecular weight is 427 g/mol. The van der Waals surface area contributed by atoms with E-state index in [-0.39, 0.29) is 0 Å². The van der Waals surface area contributed by atoms with Gasteiger partial charge in [0.15, 0.2) is 0 Å². The largest absolute Gasteiger partial charge is 0.390 e. The first-order chi connectivity index (χ1) is 14.7. The molecule has 1 N–H and O–H groups in total. The van der Waals surface area contributed by atoms with Crippen molar-refractivity contribution < 1.29 is 5.11 Å². The second-order valence-electron chi connectivity index (χ2n) is 13.7. The van der Waals surface area contributed by atoms with Crippen molar-refractivity contribution in [3.8, 4) is 0 Å². The van der Waals surface area contributed by atoms with Crippen LogP contribution in [-0.2, 0) is 0 Å². The predicted molar refractivity (Wildman–Crippen MR) is 131 cm³/mol. The van der Waals surface area contributed by atoms with Crippen molar-refractivity contribution in [1.29, 1.82) is 0 Å². The number of fused-ring (bicyclic) bond motifs is 5. The van der Waals surface area contributed by atoms with Crippen LogP contribution in [0.15, 0.2) is 11.6 Å². The molecule has 0 amide bonds. The smallest absolute Gasteiger partial charge is 0.0657 e. The summed E-state index contributed by atoms with van der Waals surface area (Å²) in [6, 6.07) is 0. The molecule has 4 saturated carbocycles. The molecular weight excluding hydrogens is 376 g/mol. The van der Waals surface area contributed by atoms with Crippen LogP contribution in [0.1, 0.15) is 124 Å². The van der Waals surface area contributed by atoms with Gasteiger partial charge in [-0.25, -0.2) is 0 Å². The number of aliphatic hydroxyl groups is 1. The zero-order chi connectivity index (χ0) is 21.9. The highest BCUT2D eigenvalue weighted by Gasteiger charge is 2.59. The summed E-state index contributed by atoms with van der Waals surface area (Å²) < 4.78 is 0. The highest BCUT2D eigenvalue weighted by molar-refractivity contribution is 5.26. The van der Waals surface area contributed by atoms with Crippen molar-refractivity contribution in [3.63, 3.8) is 0 Å². The van der Waals surface area contributed by atoms with E-state index in [1.807, 2.05) is 0 Å². The molecule has 5 aliphatic rings. The molecule has 0 aliphatic heterocycles. The Labute approximate surface area is 192 Å². The molecule has 176 valence electrons. The lowest BCUT2D eigenvalue weighted by atomic mass is 9.46. The molecule has 0 spiro atoms. The van der Waals surface area contributed by atoms with Crippen LogP contribution in [0.4, 0.5) is 0 Å². The summed E-state index contributed by atoms with van der Waals surface area (Å²) in [5.41, 5.74) is 2.12. The van der Waals surface area contributed by atoms with Gasteiger partial charge in [-0.3, -0.25) is 0 Å². The van der Waals surface area contributed by atoms with E-state index in [4.69, 9.17) is 0 Å². The van der Waals surface area contributed by atoms with Crippen molar-refractivity contribution >= 4 is 0 Å². The summed E-state index contributed by atoms with van der Waals surface area (Å²) in [7, 11) is 0. The Morgan fingerprint density at radius 2 is 1.74 bits per heavy atom. The lowest BCUT2D eigenvalue weighted by molar-refractivity contribution is -0.0706. The first-order valence-corrected chi connectivity index (χ1v) is 14.1. The molecule has 0 aromatic carbocycles. The van der Waals surface area contributed by atoms with Crippen LogP contribution in [-0.4, -0.2) is 10.7 Å². The Bertz CT molecular complexity index is 685. The number of hydrogen-bond acceptors (Lipinski definition) is 1. The SMILES string of the molecule is C[C@H](CCCC1CCCC1)[C@H]1CC[C@H]2[C@@H]3CC=C4C[C@@](C)(O)CC[C@]4(C)[C@H]3CC[C@]12C. The van der Waals surface area contributed by atoms with Gasteiger partial charge in [0.2, 0.25) is 0 Å². The van der Waals surface area contributed by atoms with Gasteiger partial charge in [-0.15, -0.1) is 0 Å². The molecule has 31 heavy (non-hydrogen) atoms. The van der Waals surface area contributed by atoms with E-state index in [1.165, 1.54) is 83.5 Å². The Morgan fingerprint density at radius 1 is 0.968 bits per heavy atom. The Kier molecular flexibility index (Phi) is 5.93. The number of rotatable bonds is 5. The molecule has 0 aromatic heterocycles. The molecular formula is C30H50O. The molecule has 0 radical (unpaired) electrons. The Balaban J connectivity index is 1.26. The molecule has 0 saturated heterocycles.